The molecule has 2 aromatic heterocycles. The van der Waals surface area contributed by atoms with E-state index in [4.69, 9.17) is 0 Å². The number of nitrogens with one attached hydrogen (secondary N) is 2. The monoisotopic (exact) mass is 258 g/mol. The highest BCUT2D eigenvalue weighted by molar-refractivity contribution is 5.96. The Morgan fingerprint density at radius 3 is 3.21 bits per heavy atom. The van der Waals surface area contributed by atoms with E-state index in [0.717, 1.165) is 19.4 Å². The van der Waals surface area contributed by atoms with E-state index < -0.39 is 0 Å². The van der Waals surface area contributed by atoms with Crippen LogP contribution in [0.2, 0.25) is 0 Å². The predicted molar refractivity (Wildman–Crippen MR) is 68.8 cm³/mol. The maximum atomic E-state index is 12.1. The average molecular weight is 258 g/mol. The quantitative estimate of drug-likeness (QED) is 0.830. The number of nitrogens with zero attached hydrogens (tertiary/aromatic N) is 4. The molecule has 0 saturated carbocycles. The Labute approximate surface area is 110 Å². The second kappa shape index (κ2) is 5.15. The van der Waals surface area contributed by atoms with Gasteiger partial charge in [-0.1, -0.05) is 0 Å². The highest BCUT2D eigenvalue weighted by Gasteiger charge is 2.22. The number of aromatic nitrogens is 4. The summed E-state index contributed by atoms with van der Waals surface area (Å²) >= 11 is 0. The van der Waals surface area contributed by atoms with Crippen molar-refractivity contribution in [2.45, 2.75) is 18.9 Å². The Bertz CT molecular complexity index is 561. The van der Waals surface area contributed by atoms with Crippen LogP contribution in [0.3, 0.4) is 0 Å². The largest absolute Gasteiger partial charge is 0.322 e. The molecule has 1 fully saturated rings. The van der Waals surface area contributed by atoms with Crippen LogP contribution < -0.4 is 10.6 Å². The topological polar surface area (TPSA) is 84.7 Å². The number of amides is 1. The van der Waals surface area contributed by atoms with Crippen LogP contribution in [0.25, 0.3) is 5.82 Å². The zero-order valence-corrected chi connectivity index (χ0v) is 10.3. The normalized spacial score (nSPS) is 18.4. The lowest BCUT2D eigenvalue weighted by Crippen LogP contribution is -2.35. The highest BCUT2D eigenvalue weighted by atomic mass is 16.2. The van der Waals surface area contributed by atoms with Crippen molar-refractivity contribution in [1.29, 1.82) is 0 Å². The van der Waals surface area contributed by atoms with E-state index in [0.29, 0.717) is 11.5 Å². The molecule has 2 aromatic rings. The smallest absolute Gasteiger partial charge is 0.241 e. The number of carbonyl (C=O) groups is 1. The Morgan fingerprint density at radius 1 is 1.53 bits per heavy atom. The van der Waals surface area contributed by atoms with Gasteiger partial charge in [0.2, 0.25) is 5.91 Å². The Hall–Kier alpha value is -2.28. The summed E-state index contributed by atoms with van der Waals surface area (Å²) in [5.41, 5.74) is 0.631. The first kappa shape index (κ1) is 11.8. The number of carbonyl (C=O) groups excluding carboxylic acids is 1. The van der Waals surface area contributed by atoms with Crippen molar-refractivity contribution in [1.82, 2.24) is 25.1 Å². The molecule has 1 amide bonds. The molecule has 1 saturated heterocycles. The molecule has 0 spiro atoms. The van der Waals surface area contributed by atoms with Crippen molar-refractivity contribution in [3.63, 3.8) is 0 Å². The van der Waals surface area contributed by atoms with Gasteiger partial charge in [-0.05, 0) is 31.5 Å². The zero-order valence-electron chi connectivity index (χ0n) is 10.3. The predicted octanol–water partition coefficient (Wildman–Crippen LogP) is 0.353. The fourth-order valence-electron chi connectivity index (χ4n) is 2.12. The van der Waals surface area contributed by atoms with E-state index in [9.17, 15) is 4.79 Å². The van der Waals surface area contributed by atoms with Crippen molar-refractivity contribution >= 4 is 11.6 Å². The second-order valence-corrected chi connectivity index (χ2v) is 4.35. The summed E-state index contributed by atoms with van der Waals surface area (Å²) < 4.78 is 1.53. The number of hydrogen-bond acceptors (Lipinski definition) is 5. The van der Waals surface area contributed by atoms with Crippen LogP contribution in [0.4, 0.5) is 5.69 Å². The molecule has 1 atom stereocenters. The highest BCUT2D eigenvalue weighted by Crippen LogP contribution is 2.17. The average Bonchev–Trinajstić information content (AvgIpc) is 3.13. The van der Waals surface area contributed by atoms with E-state index in [1.54, 1.807) is 24.7 Å². The zero-order chi connectivity index (χ0) is 13.1. The number of hydrogen-bond donors (Lipinski definition) is 2. The second-order valence-electron chi connectivity index (χ2n) is 4.35. The van der Waals surface area contributed by atoms with Gasteiger partial charge in [0, 0.05) is 6.20 Å². The van der Waals surface area contributed by atoms with Crippen LogP contribution >= 0.6 is 0 Å². The Balaban J connectivity index is 1.83. The third kappa shape index (κ3) is 2.45. The first-order chi connectivity index (χ1) is 9.34. The molecule has 2 N–H and O–H groups in total. The first-order valence-electron chi connectivity index (χ1n) is 6.19. The van der Waals surface area contributed by atoms with Gasteiger partial charge in [-0.25, -0.2) is 14.6 Å². The summed E-state index contributed by atoms with van der Waals surface area (Å²) in [4.78, 5) is 20.2. The van der Waals surface area contributed by atoms with Gasteiger partial charge in [0.25, 0.3) is 0 Å². The van der Waals surface area contributed by atoms with Gasteiger partial charge in [0.05, 0.1) is 11.7 Å². The van der Waals surface area contributed by atoms with E-state index in [1.165, 1.54) is 11.0 Å². The molecular weight excluding hydrogens is 244 g/mol. The van der Waals surface area contributed by atoms with Crippen molar-refractivity contribution in [2.24, 2.45) is 0 Å². The molecule has 0 aromatic carbocycles. The SMILES string of the molecule is O=C(Nc1cccnc1-n1cncn1)[C@H]1CCCN1. The summed E-state index contributed by atoms with van der Waals surface area (Å²) in [5.74, 6) is 0.526. The molecule has 0 bridgehead atoms. The number of pyridine rings is 1. The summed E-state index contributed by atoms with van der Waals surface area (Å²) in [5, 5.41) is 10.1. The fourth-order valence-corrected chi connectivity index (χ4v) is 2.12. The molecule has 1 aliphatic rings. The molecule has 19 heavy (non-hydrogen) atoms. The van der Waals surface area contributed by atoms with Gasteiger partial charge in [-0.15, -0.1) is 0 Å². The number of anilines is 1. The van der Waals surface area contributed by atoms with Crippen LogP contribution in [0.1, 0.15) is 12.8 Å². The maximum absolute atomic E-state index is 12.1. The van der Waals surface area contributed by atoms with E-state index in [-0.39, 0.29) is 11.9 Å². The standard InChI is InChI=1S/C12H14N6O/c19-12(10-4-2-5-14-10)17-9-3-1-6-15-11(9)18-8-13-7-16-18/h1,3,6-8,10,14H,2,4-5H2,(H,17,19)/t10-/m1/s1. The fraction of sp³-hybridized carbons (Fsp3) is 0.333. The molecule has 7 nitrogen and oxygen atoms in total. The van der Waals surface area contributed by atoms with Gasteiger partial charge >= 0.3 is 0 Å². The lowest BCUT2D eigenvalue weighted by Gasteiger charge is -2.13. The lowest BCUT2D eigenvalue weighted by molar-refractivity contribution is -0.117. The van der Waals surface area contributed by atoms with Crippen LogP contribution in [-0.4, -0.2) is 38.2 Å². The molecule has 98 valence electrons. The van der Waals surface area contributed by atoms with E-state index >= 15 is 0 Å². The summed E-state index contributed by atoms with van der Waals surface area (Å²) in [6.45, 7) is 0.890. The summed E-state index contributed by atoms with van der Waals surface area (Å²) in [6.07, 6.45) is 6.52. The van der Waals surface area contributed by atoms with Gasteiger partial charge < -0.3 is 10.6 Å². The van der Waals surface area contributed by atoms with Crippen LogP contribution in [0.15, 0.2) is 31.0 Å². The molecular formula is C12H14N6O. The van der Waals surface area contributed by atoms with Crippen molar-refractivity contribution in [3.8, 4) is 5.82 Å². The Kier molecular flexibility index (Phi) is 3.20. The van der Waals surface area contributed by atoms with Crippen LogP contribution in [0.5, 0.6) is 0 Å². The first-order valence-corrected chi connectivity index (χ1v) is 6.19. The van der Waals surface area contributed by atoms with Gasteiger partial charge in [0.15, 0.2) is 5.82 Å². The number of rotatable bonds is 3. The van der Waals surface area contributed by atoms with E-state index in [1.807, 2.05) is 0 Å². The molecule has 0 aliphatic carbocycles. The third-order valence-electron chi connectivity index (χ3n) is 3.06. The van der Waals surface area contributed by atoms with Gasteiger partial charge in [-0.3, -0.25) is 4.79 Å². The molecule has 3 rings (SSSR count). The van der Waals surface area contributed by atoms with Crippen molar-refractivity contribution in [3.05, 3.63) is 31.0 Å². The summed E-state index contributed by atoms with van der Waals surface area (Å²) in [7, 11) is 0. The lowest BCUT2D eigenvalue weighted by atomic mass is 10.2. The maximum Gasteiger partial charge on any atom is 0.241 e. The van der Waals surface area contributed by atoms with Gasteiger partial charge in [-0.2, -0.15) is 5.10 Å². The minimum atomic E-state index is -0.121. The third-order valence-corrected chi connectivity index (χ3v) is 3.06. The van der Waals surface area contributed by atoms with Crippen LogP contribution in [-0.2, 0) is 4.79 Å². The molecule has 0 radical (unpaired) electrons. The van der Waals surface area contributed by atoms with Crippen LogP contribution in [0, 0.1) is 0 Å². The Morgan fingerprint density at radius 2 is 2.47 bits per heavy atom. The van der Waals surface area contributed by atoms with E-state index in [2.05, 4.69) is 25.7 Å². The minimum Gasteiger partial charge on any atom is -0.322 e. The van der Waals surface area contributed by atoms with Crippen molar-refractivity contribution in [2.75, 3.05) is 11.9 Å². The molecule has 3 heterocycles. The summed E-state index contributed by atoms with van der Waals surface area (Å²) in [6, 6.07) is 3.46. The molecule has 1 aliphatic heterocycles. The molecule has 0 unspecified atom stereocenters. The van der Waals surface area contributed by atoms with Gasteiger partial charge in [0.1, 0.15) is 12.7 Å². The van der Waals surface area contributed by atoms with Crippen molar-refractivity contribution < 1.29 is 4.79 Å². The molecule has 7 heteroatoms. The minimum absolute atomic E-state index is 0.0353.